The largest absolute Gasteiger partial charge is 0.350 e. The normalized spacial score (nSPS) is 12.5. The Bertz CT molecular complexity index is 1380. The van der Waals surface area contributed by atoms with Gasteiger partial charge in [-0.3, -0.25) is 13.9 Å². The van der Waals surface area contributed by atoms with E-state index >= 15 is 0 Å². The summed E-state index contributed by atoms with van der Waals surface area (Å²) in [7, 11) is -4.10. The quantitative estimate of drug-likeness (QED) is 0.364. The molecular weight excluding hydrogens is 545 g/mol. The van der Waals surface area contributed by atoms with E-state index in [-0.39, 0.29) is 17.3 Å². The number of benzene rings is 3. The first kappa shape index (κ1) is 29.5. The van der Waals surface area contributed by atoms with Crippen LogP contribution in [0.1, 0.15) is 33.3 Å². The van der Waals surface area contributed by atoms with E-state index in [0.29, 0.717) is 21.3 Å². The summed E-state index contributed by atoms with van der Waals surface area (Å²) in [5, 5.41) is 3.65. The van der Waals surface area contributed by atoms with Crippen LogP contribution < -0.4 is 9.62 Å². The van der Waals surface area contributed by atoms with Crippen molar-refractivity contribution in [1.29, 1.82) is 0 Å². The lowest BCUT2D eigenvalue weighted by Crippen LogP contribution is -2.54. The average Bonchev–Trinajstić information content (AvgIpc) is 2.86. The SMILES string of the molecule is C[C@@H](C(=O)NC(C)(C)C)N(Cc1ccc(Cl)cc1Cl)C(=O)CN(c1ccccc1)S(=O)(=O)c1ccccc1. The maximum Gasteiger partial charge on any atom is 0.264 e. The summed E-state index contributed by atoms with van der Waals surface area (Å²) < 4.78 is 28.4. The van der Waals surface area contributed by atoms with Crippen molar-refractivity contribution in [3.63, 3.8) is 0 Å². The number of hydrogen-bond donors (Lipinski definition) is 1. The van der Waals surface area contributed by atoms with E-state index in [0.717, 1.165) is 4.31 Å². The van der Waals surface area contributed by atoms with E-state index in [1.54, 1.807) is 73.7 Å². The Balaban J connectivity index is 2.02. The molecule has 3 aromatic rings. The molecule has 0 spiro atoms. The molecule has 0 unspecified atom stereocenters. The van der Waals surface area contributed by atoms with Crippen molar-refractivity contribution in [1.82, 2.24) is 10.2 Å². The van der Waals surface area contributed by atoms with Crippen molar-refractivity contribution in [2.24, 2.45) is 0 Å². The molecule has 38 heavy (non-hydrogen) atoms. The highest BCUT2D eigenvalue weighted by Crippen LogP contribution is 2.26. The molecule has 0 aliphatic rings. The highest BCUT2D eigenvalue weighted by molar-refractivity contribution is 7.92. The molecule has 0 saturated heterocycles. The lowest BCUT2D eigenvalue weighted by atomic mass is 10.1. The van der Waals surface area contributed by atoms with Crippen molar-refractivity contribution in [3.8, 4) is 0 Å². The van der Waals surface area contributed by atoms with Crippen LogP contribution in [0.25, 0.3) is 0 Å². The summed E-state index contributed by atoms with van der Waals surface area (Å²) >= 11 is 12.4. The Morgan fingerprint density at radius 1 is 0.921 bits per heavy atom. The average molecular weight is 577 g/mol. The smallest absolute Gasteiger partial charge is 0.264 e. The molecule has 10 heteroatoms. The highest BCUT2D eigenvalue weighted by atomic mass is 35.5. The molecule has 0 fully saturated rings. The van der Waals surface area contributed by atoms with Gasteiger partial charge in [-0.1, -0.05) is 65.7 Å². The molecule has 1 N–H and O–H groups in total. The first-order valence-corrected chi connectivity index (χ1v) is 14.2. The number of anilines is 1. The third-order valence-electron chi connectivity index (χ3n) is 5.68. The Morgan fingerprint density at radius 2 is 1.50 bits per heavy atom. The Hall–Kier alpha value is -3.07. The Labute approximate surface area is 234 Å². The van der Waals surface area contributed by atoms with Crippen LogP contribution in [0.15, 0.2) is 83.8 Å². The van der Waals surface area contributed by atoms with Crippen molar-refractivity contribution < 1.29 is 18.0 Å². The third kappa shape index (κ3) is 7.49. The topological polar surface area (TPSA) is 86.8 Å². The van der Waals surface area contributed by atoms with Gasteiger partial charge in [-0.15, -0.1) is 0 Å². The summed E-state index contributed by atoms with van der Waals surface area (Å²) in [5.41, 5.74) is 0.350. The summed E-state index contributed by atoms with van der Waals surface area (Å²) in [4.78, 5) is 28.4. The van der Waals surface area contributed by atoms with Crippen molar-refractivity contribution in [2.75, 3.05) is 10.8 Å². The molecule has 0 saturated carbocycles. The lowest BCUT2D eigenvalue weighted by Gasteiger charge is -2.33. The van der Waals surface area contributed by atoms with E-state index in [4.69, 9.17) is 23.2 Å². The van der Waals surface area contributed by atoms with Crippen LogP contribution in [0.4, 0.5) is 5.69 Å². The van der Waals surface area contributed by atoms with Crippen LogP contribution in [0, 0.1) is 0 Å². The van der Waals surface area contributed by atoms with Crippen molar-refractivity contribution in [2.45, 2.75) is 50.7 Å². The van der Waals surface area contributed by atoms with Crippen LogP contribution in [-0.4, -0.2) is 43.3 Å². The molecule has 1 atom stereocenters. The molecule has 202 valence electrons. The third-order valence-corrected chi connectivity index (χ3v) is 8.05. The van der Waals surface area contributed by atoms with Gasteiger partial charge < -0.3 is 10.2 Å². The molecule has 0 heterocycles. The zero-order valence-electron chi connectivity index (χ0n) is 21.7. The van der Waals surface area contributed by atoms with Gasteiger partial charge in [0.15, 0.2) is 0 Å². The molecule has 2 amide bonds. The summed E-state index contributed by atoms with van der Waals surface area (Å²) in [6, 6.07) is 20.2. The number of nitrogens with one attached hydrogen (secondary N) is 1. The summed E-state index contributed by atoms with van der Waals surface area (Å²) in [6.45, 7) is 6.55. The van der Waals surface area contributed by atoms with Crippen molar-refractivity contribution in [3.05, 3.63) is 94.5 Å². The molecule has 0 aliphatic heterocycles. The Morgan fingerprint density at radius 3 is 2.05 bits per heavy atom. The minimum Gasteiger partial charge on any atom is -0.350 e. The number of rotatable bonds is 9. The number of carbonyl (C=O) groups is 2. The van der Waals surface area contributed by atoms with Crippen LogP contribution in [0.5, 0.6) is 0 Å². The highest BCUT2D eigenvalue weighted by Gasteiger charge is 2.33. The van der Waals surface area contributed by atoms with Gasteiger partial charge in [0.05, 0.1) is 10.6 Å². The lowest BCUT2D eigenvalue weighted by molar-refractivity contribution is -0.140. The standard InChI is InChI=1S/C28H31Cl2N3O4S/c1-20(27(35)31-28(2,3)4)32(18-21-15-16-22(29)17-25(21)30)26(34)19-33(23-11-7-5-8-12-23)38(36,37)24-13-9-6-10-14-24/h5-17,20H,18-19H2,1-4H3,(H,31,35)/t20-/m0/s1. The van der Waals surface area contributed by atoms with E-state index < -0.39 is 34.1 Å². The summed E-state index contributed by atoms with van der Waals surface area (Å²) in [5.74, 6) is -0.955. The minimum atomic E-state index is -4.10. The van der Waals surface area contributed by atoms with Crippen LogP contribution >= 0.6 is 23.2 Å². The number of para-hydroxylation sites is 1. The van der Waals surface area contributed by atoms with E-state index in [1.165, 1.54) is 17.0 Å². The first-order valence-electron chi connectivity index (χ1n) is 12.0. The van der Waals surface area contributed by atoms with Crippen molar-refractivity contribution >= 4 is 50.7 Å². The molecule has 0 radical (unpaired) electrons. The molecule has 0 bridgehead atoms. The van der Waals surface area contributed by atoms with Crippen LogP contribution in [-0.2, 0) is 26.2 Å². The number of hydrogen-bond acceptors (Lipinski definition) is 4. The van der Waals surface area contributed by atoms with Gasteiger partial charge in [0.25, 0.3) is 10.0 Å². The maximum atomic E-state index is 13.9. The second-order valence-corrected chi connectivity index (χ2v) is 12.5. The molecule has 0 aromatic heterocycles. The number of carbonyl (C=O) groups excluding carboxylic acids is 2. The fourth-order valence-corrected chi connectivity index (χ4v) is 5.64. The molecule has 3 aromatic carbocycles. The van der Waals surface area contributed by atoms with E-state index in [1.807, 2.05) is 20.8 Å². The fourth-order valence-electron chi connectivity index (χ4n) is 3.73. The molecular formula is C28H31Cl2N3O4S. The van der Waals surface area contributed by atoms with E-state index in [9.17, 15) is 18.0 Å². The number of amides is 2. The van der Waals surface area contributed by atoms with Gasteiger partial charge in [0, 0.05) is 22.1 Å². The van der Waals surface area contributed by atoms with Crippen LogP contribution in [0.3, 0.4) is 0 Å². The monoisotopic (exact) mass is 575 g/mol. The van der Waals surface area contributed by atoms with Gasteiger partial charge in [-0.25, -0.2) is 8.42 Å². The summed E-state index contributed by atoms with van der Waals surface area (Å²) in [6.07, 6.45) is 0. The molecule has 0 aliphatic carbocycles. The first-order chi connectivity index (χ1) is 17.8. The second kappa shape index (κ2) is 12.2. The van der Waals surface area contributed by atoms with Gasteiger partial charge in [0.2, 0.25) is 11.8 Å². The Kier molecular flexibility index (Phi) is 9.46. The van der Waals surface area contributed by atoms with Gasteiger partial charge in [-0.2, -0.15) is 0 Å². The molecule has 7 nitrogen and oxygen atoms in total. The second-order valence-electron chi connectivity index (χ2n) is 9.83. The maximum absolute atomic E-state index is 13.9. The minimum absolute atomic E-state index is 0.0262. The van der Waals surface area contributed by atoms with Gasteiger partial charge in [0.1, 0.15) is 12.6 Å². The van der Waals surface area contributed by atoms with E-state index in [2.05, 4.69) is 5.32 Å². The number of sulfonamides is 1. The predicted molar refractivity (Wildman–Crippen MR) is 152 cm³/mol. The molecule has 3 rings (SSSR count). The number of halogens is 2. The zero-order chi connectivity index (χ0) is 28.1. The van der Waals surface area contributed by atoms with Crippen LogP contribution in [0.2, 0.25) is 10.0 Å². The predicted octanol–water partition coefficient (Wildman–Crippen LogP) is 5.52. The van der Waals surface area contributed by atoms with Gasteiger partial charge >= 0.3 is 0 Å². The zero-order valence-corrected chi connectivity index (χ0v) is 24.0. The van der Waals surface area contributed by atoms with Gasteiger partial charge in [-0.05, 0) is 69.7 Å². The fraction of sp³-hybridized carbons (Fsp3) is 0.286. The number of nitrogens with zero attached hydrogens (tertiary/aromatic N) is 2.